The van der Waals surface area contributed by atoms with Crippen molar-refractivity contribution >= 4 is 39.2 Å². The van der Waals surface area contributed by atoms with E-state index in [0.717, 1.165) is 10.2 Å². The smallest absolute Gasteiger partial charge is 0.319 e. The van der Waals surface area contributed by atoms with E-state index in [1.807, 2.05) is 24.3 Å². The molecule has 0 unspecified atom stereocenters. The van der Waals surface area contributed by atoms with Gasteiger partial charge in [-0.05, 0) is 36.4 Å². The summed E-state index contributed by atoms with van der Waals surface area (Å²) in [4.78, 5) is 22.9. The molecule has 3 amide bonds. The molecule has 3 N–H and O–H groups in total. The topological polar surface area (TPSA) is 79.5 Å². The number of halogens is 1. The first-order valence-electron chi connectivity index (χ1n) is 7.34. The number of urea groups is 1. The van der Waals surface area contributed by atoms with E-state index in [0.29, 0.717) is 24.5 Å². The van der Waals surface area contributed by atoms with Crippen molar-refractivity contribution in [2.75, 3.05) is 23.8 Å². The summed E-state index contributed by atoms with van der Waals surface area (Å²) in [7, 11) is 0. The molecule has 2 aromatic carbocycles. The molecule has 0 aromatic heterocycles. The Morgan fingerprint density at radius 3 is 2.46 bits per heavy atom. The van der Waals surface area contributed by atoms with Gasteiger partial charge in [-0.2, -0.15) is 0 Å². The normalized spacial score (nSPS) is 9.92. The monoisotopic (exact) mass is 391 g/mol. The number of benzene rings is 2. The van der Waals surface area contributed by atoms with Crippen molar-refractivity contribution < 1.29 is 14.3 Å². The fourth-order valence-electron chi connectivity index (χ4n) is 1.94. The van der Waals surface area contributed by atoms with Crippen LogP contribution in [0.4, 0.5) is 16.2 Å². The van der Waals surface area contributed by atoms with E-state index in [4.69, 9.17) is 4.74 Å². The Morgan fingerprint density at radius 1 is 1.04 bits per heavy atom. The maximum atomic E-state index is 11.8. The van der Waals surface area contributed by atoms with Crippen LogP contribution in [-0.2, 0) is 4.79 Å². The van der Waals surface area contributed by atoms with Crippen LogP contribution in [0, 0.1) is 0 Å². The average molecular weight is 392 g/mol. The van der Waals surface area contributed by atoms with Crippen LogP contribution in [0.1, 0.15) is 6.92 Å². The first kappa shape index (κ1) is 17.8. The molecule has 2 rings (SSSR count). The van der Waals surface area contributed by atoms with Gasteiger partial charge in [-0.1, -0.05) is 28.1 Å². The number of nitrogens with one attached hydrogen (secondary N) is 3. The largest absolute Gasteiger partial charge is 0.492 e. The second-order valence-corrected chi connectivity index (χ2v) is 5.86. The quantitative estimate of drug-likeness (QED) is 0.658. The van der Waals surface area contributed by atoms with Crippen molar-refractivity contribution in [3.8, 4) is 5.75 Å². The molecule has 0 saturated carbocycles. The number of carbonyl (C=O) groups excluding carboxylic acids is 2. The van der Waals surface area contributed by atoms with Crippen molar-refractivity contribution in [1.29, 1.82) is 0 Å². The lowest BCUT2D eigenvalue weighted by molar-refractivity contribution is -0.114. The van der Waals surface area contributed by atoms with Crippen molar-refractivity contribution in [3.05, 3.63) is 53.0 Å². The molecule has 0 aliphatic heterocycles. The minimum atomic E-state index is -0.340. The zero-order valence-electron chi connectivity index (χ0n) is 13.1. The molecule has 0 radical (unpaired) electrons. The van der Waals surface area contributed by atoms with Gasteiger partial charge < -0.3 is 20.7 Å². The van der Waals surface area contributed by atoms with E-state index in [9.17, 15) is 9.59 Å². The maximum Gasteiger partial charge on any atom is 0.319 e. The van der Waals surface area contributed by atoms with E-state index < -0.39 is 0 Å². The molecule has 7 heteroatoms. The molecule has 0 atom stereocenters. The zero-order valence-corrected chi connectivity index (χ0v) is 14.7. The molecule has 126 valence electrons. The van der Waals surface area contributed by atoms with E-state index in [-0.39, 0.29) is 11.9 Å². The van der Waals surface area contributed by atoms with Crippen molar-refractivity contribution in [2.24, 2.45) is 0 Å². The third kappa shape index (κ3) is 6.29. The average Bonchev–Trinajstić information content (AvgIpc) is 2.51. The number of ether oxygens (including phenoxy) is 1. The molecular weight excluding hydrogens is 374 g/mol. The maximum absolute atomic E-state index is 11.8. The van der Waals surface area contributed by atoms with E-state index in [2.05, 4.69) is 31.9 Å². The zero-order chi connectivity index (χ0) is 17.4. The van der Waals surface area contributed by atoms with Crippen LogP contribution in [0.15, 0.2) is 53.0 Å². The van der Waals surface area contributed by atoms with Crippen LogP contribution in [0.25, 0.3) is 0 Å². The third-order valence-electron chi connectivity index (χ3n) is 2.89. The van der Waals surface area contributed by atoms with Gasteiger partial charge in [-0.25, -0.2) is 4.79 Å². The van der Waals surface area contributed by atoms with Gasteiger partial charge in [0.25, 0.3) is 0 Å². The molecule has 0 aliphatic carbocycles. The summed E-state index contributed by atoms with van der Waals surface area (Å²) in [6, 6.07) is 14.1. The molecule has 0 heterocycles. The van der Waals surface area contributed by atoms with Crippen molar-refractivity contribution in [3.63, 3.8) is 0 Å². The molecule has 0 saturated heterocycles. The van der Waals surface area contributed by atoms with Crippen LogP contribution in [0.3, 0.4) is 0 Å². The first-order valence-corrected chi connectivity index (χ1v) is 8.13. The Kier molecular flexibility index (Phi) is 6.62. The molecular formula is C17H18BrN3O3. The number of rotatable bonds is 6. The van der Waals surface area contributed by atoms with Crippen LogP contribution in [0.5, 0.6) is 5.75 Å². The summed E-state index contributed by atoms with van der Waals surface area (Å²) < 4.78 is 6.47. The van der Waals surface area contributed by atoms with Crippen LogP contribution in [0.2, 0.25) is 0 Å². The van der Waals surface area contributed by atoms with Gasteiger partial charge in [0.05, 0.1) is 6.54 Å². The third-order valence-corrected chi connectivity index (χ3v) is 3.39. The highest BCUT2D eigenvalue weighted by Gasteiger charge is 2.03. The fourth-order valence-corrected chi connectivity index (χ4v) is 2.32. The summed E-state index contributed by atoms with van der Waals surface area (Å²) in [6.45, 7) is 2.15. The predicted octanol–water partition coefficient (Wildman–Crippen LogP) is 3.61. The number of anilines is 2. The number of hydrogen-bond acceptors (Lipinski definition) is 3. The highest BCUT2D eigenvalue weighted by molar-refractivity contribution is 9.10. The highest BCUT2D eigenvalue weighted by Crippen LogP contribution is 2.17. The summed E-state index contributed by atoms with van der Waals surface area (Å²) in [6.07, 6.45) is 0. The Morgan fingerprint density at radius 2 is 1.75 bits per heavy atom. The minimum absolute atomic E-state index is 0.165. The molecule has 2 aromatic rings. The Balaban J connectivity index is 1.74. The predicted molar refractivity (Wildman–Crippen MR) is 97.4 cm³/mol. The minimum Gasteiger partial charge on any atom is -0.492 e. The number of hydrogen-bond donors (Lipinski definition) is 3. The lowest BCUT2D eigenvalue weighted by atomic mass is 10.3. The van der Waals surface area contributed by atoms with Gasteiger partial charge in [-0.15, -0.1) is 0 Å². The Bertz CT molecular complexity index is 722. The number of carbonyl (C=O) groups is 2. The van der Waals surface area contributed by atoms with Gasteiger partial charge in [0.2, 0.25) is 5.91 Å². The highest BCUT2D eigenvalue weighted by atomic mass is 79.9. The SMILES string of the molecule is CC(=O)Nc1cccc(NC(=O)NCCOc2cccc(Br)c2)c1. The molecule has 0 bridgehead atoms. The molecule has 0 fully saturated rings. The van der Waals surface area contributed by atoms with Gasteiger partial charge in [0.1, 0.15) is 12.4 Å². The van der Waals surface area contributed by atoms with Gasteiger partial charge in [0, 0.05) is 22.8 Å². The van der Waals surface area contributed by atoms with Crippen molar-refractivity contribution in [1.82, 2.24) is 5.32 Å². The van der Waals surface area contributed by atoms with Gasteiger partial charge in [0.15, 0.2) is 0 Å². The lowest BCUT2D eigenvalue weighted by Gasteiger charge is -2.10. The van der Waals surface area contributed by atoms with E-state index in [1.165, 1.54) is 6.92 Å². The molecule has 24 heavy (non-hydrogen) atoms. The summed E-state index contributed by atoms with van der Waals surface area (Å²) in [5, 5.41) is 8.06. The molecule has 6 nitrogen and oxygen atoms in total. The fraction of sp³-hybridized carbons (Fsp3) is 0.176. The first-order chi connectivity index (χ1) is 11.5. The Labute approximate surface area is 148 Å². The Hall–Kier alpha value is -2.54. The van der Waals surface area contributed by atoms with E-state index >= 15 is 0 Å². The van der Waals surface area contributed by atoms with E-state index in [1.54, 1.807) is 24.3 Å². The van der Waals surface area contributed by atoms with Gasteiger partial charge >= 0.3 is 6.03 Å². The summed E-state index contributed by atoms with van der Waals surface area (Å²) in [5.41, 5.74) is 1.21. The second-order valence-electron chi connectivity index (χ2n) is 4.95. The summed E-state index contributed by atoms with van der Waals surface area (Å²) >= 11 is 3.37. The van der Waals surface area contributed by atoms with Crippen LogP contribution < -0.4 is 20.7 Å². The van der Waals surface area contributed by atoms with Crippen LogP contribution >= 0.6 is 15.9 Å². The standard InChI is InChI=1S/C17H18BrN3O3/c1-12(22)20-14-5-3-6-15(11-14)21-17(23)19-8-9-24-16-7-2-4-13(18)10-16/h2-7,10-11H,8-9H2,1H3,(H,20,22)(H2,19,21,23). The van der Waals surface area contributed by atoms with Gasteiger partial charge in [-0.3, -0.25) is 4.79 Å². The van der Waals surface area contributed by atoms with Crippen molar-refractivity contribution in [2.45, 2.75) is 6.92 Å². The molecule has 0 spiro atoms. The summed E-state index contributed by atoms with van der Waals surface area (Å²) in [5.74, 6) is 0.566. The second kappa shape index (κ2) is 8.93. The van der Waals surface area contributed by atoms with Crippen LogP contribution in [-0.4, -0.2) is 25.1 Å². The lowest BCUT2D eigenvalue weighted by Crippen LogP contribution is -2.32. The molecule has 0 aliphatic rings. The number of amides is 3.